The number of methoxy groups -OCH3 is 1. The average Bonchev–Trinajstić information content (AvgIpc) is 2.43. The molecule has 0 aromatic carbocycles. The Labute approximate surface area is 135 Å². The third kappa shape index (κ3) is 5.13. The van der Waals surface area contributed by atoms with Gasteiger partial charge in [0.2, 0.25) is 0 Å². The van der Waals surface area contributed by atoms with Crippen LogP contribution in [0.25, 0.3) is 0 Å². The molecule has 2 amide bonds. The van der Waals surface area contributed by atoms with Crippen molar-refractivity contribution in [3.63, 3.8) is 0 Å². The van der Waals surface area contributed by atoms with E-state index in [1.54, 1.807) is 7.11 Å². The Balaban J connectivity index is 1.63. The van der Waals surface area contributed by atoms with Crippen LogP contribution >= 0.6 is 0 Å². The van der Waals surface area contributed by atoms with Crippen LogP contribution in [0.15, 0.2) is 0 Å². The highest BCUT2D eigenvalue weighted by atomic mass is 16.5. The fourth-order valence-corrected chi connectivity index (χ4v) is 3.87. The molecule has 5 heteroatoms. The van der Waals surface area contributed by atoms with E-state index in [1.807, 2.05) is 0 Å². The second-order valence-electron chi connectivity index (χ2n) is 7.59. The van der Waals surface area contributed by atoms with Gasteiger partial charge in [-0.1, -0.05) is 6.42 Å². The molecule has 2 saturated carbocycles. The minimum Gasteiger partial charge on any atom is -0.384 e. The number of nitrogens with one attached hydrogen (secondary N) is 2. The number of urea groups is 1. The van der Waals surface area contributed by atoms with Gasteiger partial charge in [-0.3, -0.25) is 0 Å². The van der Waals surface area contributed by atoms with Crippen LogP contribution in [0, 0.1) is 11.3 Å². The fourth-order valence-electron chi connectivity index (χ4n) is 3.87. The summed E-state index contributed by atoms with van der Waals surface area (Å²) < 4.78 is 5.30. The van der Waals surface area contributed by atoms with Gasteiger partial charge < -0.3 is 20.3 Å². The summed E-state index contributed by atoms with van der Waals surface area (Å²) in [5.74, 6) is 0.788. The highest BCUT2D eigenvalue weighted by molar-refractivity contribution is 5.74. The molecule has 5 nitrogen and oxygen atoms in total. The van der Waals surface area contributed by atoms with Gasteiger partial charge in [0.15, 0.2) is 0 Å². The van der Waals surface area contributed by atoms with Crippen molar-refractivity contribution in [2.24, 2.45) is 11.3 Å². The van der Waals surface area contributed by atoms with Crippen molar-refractivity contribution >= 4 is 6.03 Å². The van der Waals surface area contributed by atoms with Crippen LogP contribution in [-0.4, -0.2) is 57.9 Å². The molecule has 0 saturated heterocycles. The Morgan fingerprint density at radius 2 is 1.91 bits per heavy atom. The second kappa shape index (κ2) is 8.16. The third-order valence-corrected chi connectivity index (χ3v) is 5.29. The van der Waals surface area contributed by atoms with Crippen LogP contribution in [0.4, 0.5) is 4.79 Å². The van der Waals surface area contributed by atoms with Crippen molar-refractivity contribution in [3.8, 4) is 0 Å². The minimum absolute atomic E-state index is 0.00145. The maximum atomic E-state index is 12.1. The Morgan fingerprint density at radius 1 is 1.23 bits per heavy atom. The van der Waals surface area contributed by atoms with E-state index in [9.17, 15) is 4.79 Å². The van der Waals surface area contributed by atoms with Gasteiger partial charge in [-0.15, -0.1) is 0 Å². The lowest BCUT2D eigenvalue weighted by atomic mass is 9.69. The molecule has 0 atom stereocenters. The quantitative estimate of drug-likeness (QED) is 0.758. The van der Waals surface area contributed by atoms with Gasteiger partial charge in [0.1, 0.15) is 0 Å². The van der Waals surface area contributed by atoms with Gasteiger partial charge in [-0.2, -0.15) is 0 Å². The molecule has 2 N–H and O–H groups in total. The van der Waals surface area contributed by atoms with Gasteiger partial charge in [-0.05, 0) is 58.5 Å². The van der Waals surface area contributed by atoms with Crippen LogP contribution < -0.4 is 10.6 Å². The maximum absolute atomic E-state index is 12.1. The topological polar surface area (TPSA) is 53.6 Å². The lowest BCUT2D eigenvalue weighted by Gasteiger charge is -2.41. The van der Waals surface area contributed by atoms with Gasteiger partial charge in [0.25, 0.3) is 0 Å². The van der Waals surface area contributed by atoms with Crippen molar-refractivity contribution in [1.29, 1.82) is 0 Å². The Hall–Kier alpha value is -0.810. The van der Waals surface area contributed by atoms with E-state index < -0.39 is 0 Å². The highest BCUT2D eigenvalue weighted by Crippen LogP contribution is 2.40. The van der Waals surface area contributed by atoms with E-state index in [-0.39, 0.29) is 11.4 Å². The van der Waals surface area contributed by atoms with E-state index in [0.717, 1.165) is 44.8 Å². The highest BCUT2D eigenvalue weighted by Gasteiger charge is 2.37. The summed E-state index contributed by atoms with van der Waals surface area (Å²) in [5, 5.41) is 6.21. The molecule has 0 heterocycles. The van der Waals surface area contributed by atoms with E-state index >= 15 is 0 Å². The number of carbonyl (C=O) groups excluding carboxylic acids is 1. The monoisotopic (exact) mass is 311 g/mol. The second-order valence-corrected chi connectivity index (χ2v) is 7.59. The molecule has 0 aromatic rings. The van der Waals surface area contributed by atoms with Gasteiger partial charge >= 0.3 is 6.03 Å². The first-order valence-electron chi connectivity index (χ1n) is 8.71. The molecular weight excluding hydrogens is 278 g/mol. The number of nitrogens with zero attached hydrogens (tertiary/aromatic N) is 1. The summed E-state index contributed by atoms with van der Waals surface area (Å²) in [7, 11) is 6.01. The van der Waals surface area contributed by atoms with Gasteiger partial charge in [0, 0.05) is 31.7 Å². The summed E-state index contributed by atoms with van der Waals surface area (Å²) >= 11 is 0. The number of amides is 2. The van der Waals surface area contributed by atoms with Crippen LogP contribution in [0.2, 0.25) is 0 Å². The number of carbonyl (C=O) groups is 1. The molecule has 0 aromatic heterocycles. The first kappa shape index (κ1) is 17.5. The normalized spacial score (nSPS) is 27.3. The Morgan fingerprint density at radius 3 is 2.41 bits per heavy atom. The predicted molar refractivity (Wildman–Crippen MR) is 89.0 cm³/mol. The number of hydrogen-bond donors (Lipinski definition) is 2. The van der Waals surface area contributed by atoms with E-state index in [4.69, 9.17) is 4.74 Å². The zero-order valence-electron chi connectivity index (χ0n) is 14.5. The molecule has 22 heavy (non-hydrogen) atoms. The standard InChI is InChI=1S/C17H33N3O2/c1-20(2)11-14-5-7-15(8-6-14)19-16(21)18-12-17(13-22-3)9-4-10-17/h14-15H,4-13H2,1-3H3,(H2,18,19,21). The van der Waals surface area contributed by atoms with Crippen molar-refractivity contribution < 1.29 is 9.53 Å². The summed E-state index contributed by atoms with van der Waals surface area (Å²) in [4.78, 5) is 14.4. The number of ether oxygens (including phenoxy) is 1. The summed E-state index contributed by atoms with van der Waals surface area (Å²) in [6.45, 7) is 2.66. The molecule has 2 rings (SSSR count). The molecule has 2 aliphatic rings. The first-order valence-corrected chi connectivity index (χ1v) is 8.71. The Bertz CT molecular complexity index is 348. The molecule has 0 radical (unpaired) electrons. The van der Waals surface area contributed by atoms with E-state index in [2.05, 4.69) is 29.6 Å². The average molecular weight is 311 g/mol. The lowest BCUT2D eigenvalue weighted by molar-refractivity contribution is 0.0199. The zero-order valence-corrected chi connectivity index (χ0v) is 14.5. The van der Waals surface area contributed by atoms with E-state index in [1.165, 1.54) is 25.8 Å². The fraction of sp³-hybridized carbons (Fsp3) is 0.941. The number of rotatable bonds is 7. The minimum atomic E-state index is -0.00145. The molecule has 128 valence electrons. The predicted octanol–water partition coefficient (Wildman–Crippen LogP) is 2.22. The molecular formula is C17H33N3O2. The Kier molecular flexibility index (Phi) is 6.50. The summed E-state index contributed by atoms with van der Waals surface area (Å²) in [6.07, 6.45) is 8.23. The molecule has 0 unspecified atom stereocenters. The third-order valence-electron chi connectivity index (χ3n) is 5.29. The van der Waals surface area contributed by atoms with Crippen molar-refractivity contribution in [2.45, 2.75) is 51.0 Å². The largest absolute Gasteiger partial charge is 0.384 e. The first-order chi connectivity index (χ1) is 10.5. The summed E-state index contributed by atoms with van der Waals surface area (Å²) in [5.41, 5.74) is 0.190. The lowest BCUT2D eigenvalue weighted by Crippen LogP contribution is -2.50. The molecule has 2 fully saturated rings. The van der Waals surface area contributed by atoms with Crippen LogP contribution in [-0.2, 0) is 4.74 Å². The van der Waals surface area contributed by atoms with Crippen LogP contribution in [0.3, 0.4) is 0 Å². The maximum Gasteiger partial charge on any atom is 0.315 e. The van der Waals surface area contributed by atoms with Gasteiger partial charge in [0.05, 0.1) is 6.61 Å². The van der Waals surface area contributed by atoms with E-state index in [0.29, 0.717) is 6.04 Å². The van der Waals surface area contributed by atoms with Gasteiger partial charge in [-0.25, -0.2) is 4.79 Å². The molecule has 2 aliphatic carbocycles. The molecule has 0 bridgehead atoms. The molecule has 0 aliphatic heterocycles. The van der Waals surface area contributed by atoms with Crippen LogP contribution in [0.5, 0.6) is 0 Å². The zero-order chi connectivity index (χ0) is 16.0. The SMILES string of the molecule is COCC1(CNC(=O)NC2CCC(CN(C)C)CC2)CCC1. The molecule has 0 spiro atoms. The summed E-state index contributed by atoms with van der Waals surface area (Å²) in [6, 6.07) is 0.344. The van der Waals surface area contributed by atoms with Crippen molar-refractivity contribution in [3.05, 3.63) is 0 Å². The van der Waals surface area contributed by atoms with Crippen molar-refractivity contribution in [2.75, 3.05) is 40.9 Å². The van der Waals surface area contributed by atoms with Crippen LogP contribution in [0.1, 0.15) is 44.9 Å². The number of hydrogen-bond acceptors (Lipinski definition) is 3. The smallest absolute Gasteiger partial charge is 0.315 e. The van der Waals surface area contributed by atoms with Crippen molar-refractivity contribution in [1.82, 2.24) is 15.5 Å².